The first kappa shape index (κ1) is 17.0. The van der Waals surface area contributed by atoms with Gasteiger partial charge in [-0.1, -0.05) is 54.6 Å². The maximum atomic E-state index is 12.9. The molecule has 0 bridgehead atoms. The number of amides is 1. The van der Waals surface area contributed by atoms with E-state index in [1.54, 1.807) is 7.11 Å². The number of carbonyl (C=O) groups excluding carboxylic acids is 1. The van der Waals surface area contributed by atoms with Gasteiger partial charge in [0.1, 0.15) is 5.75 Å². The number of benzene rings is 3. The molecule has 3 heteroatoms. The van der Waals surface area contributed by atoms with E-state index in [1.165, 1.54) is 5.56 Å². The average molecular weight is 333 g/mol. The summed E-state index contributed by atoms with van der Waals surface area (Å²) >= 11 is 0. The van der Waals surface area contributed by atoms with Crippen LogP contribution in [0.4, 0.5) is 0 Å². The monoisotopic (exact) mass is 333 g/mol. The number of nitrogens with one attached hydrogen (secondary N) is 1. The molecule has 0 spiro atoms. The van der Waals surface area contributed by atoms with E-state index in [4.69, 9.17) is 4.74 Å². The Morgan fingerprint density at radius 1 is 0.960 bits per heavy atom. The Kier molecular flexibility index (Phi) is 4.75. The Morgan fingerprint density at radius 3 is 2.20 bits per heavy atom. The minimum absolute atomic E-state index is 0.122. The summed E-state index contributed by atoms with van der Waals surface area (Å²) in [6.07, 6.45) is 0.759. The van der Waals surface area contributed by atoms with Crippen LogP contribution < -0.4 is 10.1 Å². The summed E-state index contributed by atoms with van der Waals surface area (Å²) in [6.45, 7) is 4.07. The lowest BCUT2D eigenvalue weighted by Gasteiger charge is -2.27. The molecular formula is C22H23NO2. The normalized spacial score (nSPS) is 11.3. The average Bonchev–Trinajstić information content (AvgIpc) is 2.60. The van der Waals surface area contributed by atoms with Crippen LogP contribution in [0.3, 0.4) is 0 Å². The number of ether oxygens (including phenoxy) is 1. The van der Waals surface area contributed by atoms with E-state index in [2.05, 4.69) is 17.4 Å². The van der Waals surface area contributed by atoms with Gasteiger partial charge in [0, 0.05) is 5.54 Å². The minimum Gasteiger partial charge on any atom is -0.496 e. The Bertz CT molecular complexity index is 885. The quantitative estimate of drug-likeness (QED) is 0.741. The molecule has 0 fully saturated rings. The third-order valence-corrected chi connectivity index (χ3v) is 4.25. The summed E-state index contributed by atoms with van der Waals surface area (Å²) in [4.78, 5) is 12.9. The maximum Gasteiger partial charge on any atom is 0.255 e. The number of hydrogen-bond donors (Lipinski definition) is 1. The van der Waals surface area contributed by atoms with E-state index in [0.717, 1.165) is 17.2 Å². The van der Waals surface area contributed by atoms with E-state index >= 15 is 0 Å². The molecule has 0 saturated carbocycles. The highest BCUT2D eigenvalue weighted by molar-refractivity contribution is 6.02. The summed E-state index contributed by atoms with van der Waals surface area (Å²) in [5.74, 6) is 0.468. The predicted molar refractivity (Wildman–Crippen MR) is 102 cm³/mol. The van der Waals surface area contributed by atoms with Crippen molar-refractivity contribution in [3.63, 3.8) is 0 Å². The Labute approximate surface area is 148 Å². The fourth-order valence-corrected chi connectivity index (χ4v) is 3.09. The molecule has 0 aliphatic carbocycles. The van der Waals surface area contributed by atoms with Crippen LogP contribution >= 0.6 is 0 Å². The fourth-order valence-electron chi connectivity index (χ4n) is 3.09. The number of rotatable bonds is 5. The van der Waals surface area contributed by atoms with Crippen LogP contribution in [0.1, 0.15) is 29.8 Å². The van der Waals surface area contributed by atoms with E-state index in [0.29, 0.717) is 11.3 Å². The van der Waals surface area contributed by atoms with Crippen molar-refractivity contribution in [2.45, 2.75) is 25.8 Å². The van der Waals surface area contributed by atoms with Gasteiger partial charge < -0.3 is 10.1 Å². The Balaban J connectivity index is 1.86. The van der Waals surface area contributed by atoms with Gasteiger partial charge in [0.25, 0.3) is 5.91 Å². The van der Waals surface area contributed by atoms with Gasteiger partial charge in [-0.2, -0.15) is 0 Å². The lowest BCUT2D eigenvalue weighted by atomic mass is 9.94. The Hall–Kier alpha value is -2.81. The van der Waals surface area contributed by atoms with E-state index in [1.807, 2.05) is 68.4 Å². The smallest absolute Gasteiger partial charge is 0.255 e. The molecule has 3 nitrogen and oxygen atoms in total. The summed E-state index contributed by atoms with van der Waals surface area (Å²) in [7, 11) is 1.59. The third kappa shape index (κ3) is 4.00. The highest BCUT2D eigenvalue weighted by Crippen LogP contribution is 2.26. The maximum absolute atomic E-state index is 12.9. The van der Waals surface area contributed by atoms with Crippen LogP contribution in [0.2, 0.25) is 0 Å². The second kappa shape index (κ2) is 6.98. The highest BCUT2D eigenvalue weighted by Gasteiger charge is 2.23. The largest absolute Gasteiger partial charge is 0.496 e. The zero-order valence-corrected chi connectivity index (χ0v) is 14.9. The van der Waals surface area contributed by atoms with E-state index < -0.39 is 0 Å². The first-order chi connectivity index (χ1) is 12.0. The molecule has 1 amide bonds. The second-order valence-corrected chi connectivity index (χ2v) is 6.90. The van der Waals surface area contributed by atoms with Gasteiger partial charge in [-0.3, -0.25) is 4.79 Å². The van der Waals surface area contributed by atoms with Gasteiger partial charge in [-0.05, 0) is 48.7 Å². The Morgan fingerprint density at radius 2 is 1.56 bits per heavy atom. The van der Waals surface area contributed by atoms with Crippen LogP contribution in [0, 0.1) is 0 Å². The lowest BCUT2D eigenvalue weighted by Crippen LogP contribution is -2.45. The molecule has 3 aromatic carbocycles. The van der Waals surface area contributed by atoms with Crippen molar-refractivity contribution in [1.29, 1.82) is 0 Å². The van der Waals surface area contributed by atoms with Crippen LogP contribution in [-0.2, 0) is 6.42 Å². The number of carbonyl (C=O) groups is 1. The molecule has 0 heterocycles. The molecule has 1 N–H and O–H groups in total. The third-order valence-electron chi connectivity index (χ3n) is 4.25. The molecule has 0 unspecified atom stereocenters. The van der Waals surface area contributed by atoms with Gasteiger partial charge in [0.2, 0.25) is 0 Å². The summed E-state index contributed by atoms with van der Waals surface area (Å²) in [6, 6.07) is 21.9. The molecule has 3 aromatic rings. The molecular weight excluding hydrogens is 310 g/mol. The second-order valence-electron chi connectivity index (χ2n) is 6.90. The molecule has 0 aliphatic heterocycles. The fraction of sp³-hybridized carbons (Fsp3) is 0.227. The zero-order valence-electron chi connectivity index (χ0n) is 14.9. The summed E-state index contributed by atoms with van der Waals surface area (Å²) in [5, 5.41) is 5.22. The molecule has 0 atom stereocenters. The van der Waals surface area contributed by atoms with Crippen molar-refractivity contribution >= 4 is 16.7 Å². The zero-order chi connectivity index (χ0) is 17.9. The lowest BCUT2D eigenvalue weighted by molar-refractivity contribution is 0.0910. The number of fused-ring (bicyclic) bond motifs is 1. The highest BCUT2D eigenvalue weighted by atomic mass is 16.5. The van der Waals surface area contributed by atoms with Crippen molar-refractivity contribution in [2.24, 2.45) is 0 Å². The molecule has 25 heavy (non-hydrogen) atoms. The van der Waals surface area contributed by atoms with E-state index in [-0.39, 0.29) is 11.4 Å². The first-order valence-electron chi connectivity index (χ1n) is 8.42. The molecule has 0 aromatic heterocycles. The number of hydrogen-bond acceptors (Lipinski definition) is 2. The van der Waals surface area contributed by atoms with Crippen molar-refractivity contribution in [1.82, 2.24) is 5.32 Å². The van der Waals surface area contributed by atoms with Crippen LogP contribution in [0.15, 0.2) is 66.7 Å². The van der Waals surface area contributed by atoms with Gasteiger partial charge in [-0.25, -0.2) is 0 Å². The van der Waals surface area contributed by atoms with Gasteiger partial charge in [-0.15, -0.1) is 0 Å². The van der Waals surface area contributed by atoms with Crippen molar-refractivity contribution in [3.8, 4) is 5.75 Å². The predicted octanol–water partition coefficient (Wildman–Crippen LogP) is 4.60. The van der Waals surface area contributed by atoms with Gasteiger partial charge >= 0.3 is 0 Å². The van der Waals surface area contributed by atoms with Gasteiger partial charge in [0.05, 0.1) is 12.7 Å². The van der Waals surface area contributed by atoms with Crippen LogP contribution in [0.25, 0.3) is 10.8 Å². The van der Waals surface area contributed by atoms with Crippen LogP contribution in [-0.4, -0.2) is 18.6 Å². The molecule has 0 aliphatic rings. The molecule has 128 valence electrons. The first-order valence-corrected chi connectivity index (χ1v) is 8.42. The van der Waals surface area contributed by atoms with Crippen LogP contribution in [0.5, 0.6) is 5.75 Å². The van der Waals surface area contributed by atoms with Gasteiger partial charge in [0.15, 0.2) is 0 Å². The van der Waals surface area contributed by atoms with Crippen molar-refractivity contribution in [3.05, 3.63) is 77.9 Å². The summed E-state index contributed by atoms with van der Waals surface area (Å²) in [5.41, 5.74) is 1.38. The SMILES string of the molecule is COc1cc2ccccc2cc1C(=O)NC(C)(C)Cc1ccccc1. The number of methoxy groups -OCH3 is 1. The van der Waals surface area contributed by atoms with E-state index in [9.17, 15) is 4.79 Å². The molecule has 0 radical (unpaired) electrons. The van der Waals surface area contributed by atoms with Crippen molar-refractivity contribution < 1.29 is 9.53 Å². The minimum atomic E-state index is -0.366. The summed E-state index contributed by atoms with van der Waals surface area (Å²) < 4.78 is 5.45. The van der Waals surface area contributed by atoms with Crippen molar-refractivity contribution in [2.75, 3.05) is 7.11 Å². The standard InChI is InChI=1S/C22H23NO2/c1-22(2,15-16-9-5-4-6-10-16)23-21(24)19-13-17-11-7-8-12-18(17)14-20(19)25-3/h4-14H,15H2,1-3H3,(H,23,24). The molecule has 0 saturated heterocycles. The topological polar surface area (TPSA) is 38.3 Å². The molecule has 3 rings (SSSR count).